The summed E-state index contributed by atoms with van der Waals surface area (Å²) in [6.45, 7) is 2.64. The second-order valence-electron chi connectivity index (χ2n) is 4.30. The molecular formula is C13H18F3N3O. The molecule has 0 fully saturated rings. The lowest BCUT2D eigenvalue weighted by atomic mass is 10.2. The largest absolute Gasteiger partial charge is 0.389 e. The highest BCUT2D eigenvalue weighted by molar-refractivity contribution is 5.98. The van der Waals surface area contributed by atoms with Crippen LogP contribution in [0.5, 0.6) is 0 Å². The normalized spacial score (nSPS) is 11.2. The number of aromatic nitrogens is 1. The van der Waals surface area contributed by atoms with Crippen LogP contribution < -0.4 is 10.6 Å². The number of hydrogen-bond donors (Lipinski definition) is 2. The molecule has 0 atom stereocenters. The van der Waals surface area contributed by atoms with Gasteiger partial charge in [0.2, 0.25) is 0 Å². The molecule has 1 aromatic heterocycles. The van der Waals surface area contributed by atoms with Gasteiger partial charge in [0.1, 0.15) is 5.82 Å². The summed E-state index contributed by atoms with van der Waals surface area (Å²) in [5.41, 5.74) is 0.341. The van der Waals surface area contributed by atoms with Crippen molar-refractivity contribution >= 4 is 11.7 Å². The molecule has 0 saturated heterocycles. The summed E-state index contributed by atoms with van der Waals surface area (Å²) in [7, 11) is 0. The Morgan fingerprint density at radius 3 is 2.75 bits per heavy atom. The van der Waals surface area contributed by atoms with Crippen molar-refractivity contribution in [3.05, 3.63) is 23.9 Å². The molecule has 4 nitrogen and oxygen atoms in total. The van der Waals surface area contributed by atoms with E-state index in [2.05, 4.69) is 15.6 Å². The maximum absolute atomic E-state index is 12.0. The number of hydrogen-bond acceptors (Lipinski definition) is 3. The summed E-state index contributed by atoms with van der Waals surface area (Å²) >= 11 is 0. The summed E-state index contributed by atoms with van der Waals surface area (Å²) in [4.78, 5) is 15.9. The first-order chi connectivity index (χ1) is 9.44. The van der Waals surface area contributed by atoms with E-state index >= 15 is 0 Å². The molecule has 0 aliphatic rings. The zero-order chi connectivity index (χ0) is 15.0. The number of pyridine rings is 1. The topological polar surface area (TPSA) is 54.0 Å². The third-order valence-electron chi connectivity index (χ3n) is 2.52. The van der Waals surface area contributed by atoms with Crippen LogP contribution >= 0.6 is 0 Å². The predicted molar refractivity (Wildman–Crippen MR) is 70.6 cm³/mol. The van der Waals surface area contributed by atoms with Gasteiger partial charge in [-0.1, -0.05) is 6.92 Å². The minimum Gasteiger partial charge on any atom is -0.369 e. The molecule has 7 heteroatoms. The molecule has 1 heterocycles. The molecule has 0 aliphatic carbocycles. The van der Waals surface area contributed by atoms with E-state index in [-0.39, 0.29) is 13.0 Å². The van der Waals surface area contributed by atoms with Gasteiger partial charge in [0.15, 0.2) is 0 Å². The highest BCUT2D eigenvalue weighted by atomic mass is 19.4. The number of carbonyl (C=O) groups is 1. The van der Waals surface area contributed by atoms with Crippen molar-refractivity contribution in [2.24, 2.45) is 0 Å². The second-order valence-corrected chi connectivity index (χ2v) is 4.30. The Morgan fingerprint density at radius 2 is 2.10 bits per heavy atom. The van der Waals surface area contributed by atoms with Crippen LogP contribution in [0.4, 0.5) is 19.0 Å². The maximum atomic E-state index is 12.0. The number of nitrogens with zero attached hydrogens (tertiary/aromatic N) is 1. The van der Waals surface area contributed by atoms with Crippen LogP contribution in [-0.4, -0.2) is 30.2 Å². The van der Waals surface area contributed by atoms with Gasteiger partial charge < -0.3 is 10.6 Å². The van der Waals surface area contributed by atoms with Crippen molar-refractivity contribution in [1.29, 1.82) is 0 Å². The number of anilines is 1. The molecule has 0 spiro atoms. The van der Waals surface area contributed by atoms with Crippen LogP contribution in [0.3, 0.4) is 0 Å². The van der Waals surface area contributed by atoms with Crippen molar-refractivity contribution < 1.29 is 18.0 Å². The van der Waals surface area contributed by atoms with Crippen molar-refractivity contribution in [2.45, 2.75) is 32.4 Å². The van der Waals surface area contributed by atoms with E-state index in [9.17, 15) is 18.0 Å². The highest BCUT2D eigenvalue weighted by Gasteiger charge is 2.26. The van der Waals surface area contributed by atoms with E-state index in [4.69, 9.17) is 0 Å². The Morgan fingerprint density at radius 1 is 1.35 bits per heavy atom. The lowest BCUT2D eigenvalue weighted by molar-refractivity contribution is -0.135. The number of nitrogens with one attached hydrogen (secondary N) is 2. The quantitative estimate of drug-likeness (QED) is 0.759. The van der Waals surface area contributed by atoms with Crippen LogP contribution in [-0.2, 0) is 0 Å². The molecule has 0 aromatic carbocycles. The Hall–Kier alpha value is -1.79. The van der Waals surface area contributed by atoms with Gasteiger partial charge in [-0.15, -0.1) is 0 Å². The Balaban J connectivity index is 2.50. The molecule has 0 saturated carbocycles. The van der Waals surface area contributed by atoms with Gasteiger partial charge in [0.05, 0.1) is 5.56 Å². The third kappa shape index (κ3) is 5.90. The fraction of sp³-hybridized carbons (Fsp3) is 0.538. The van der Waals surface area contributed by atoms with E-state index in [0.717, 1.165) is 6.42 Å². The molecule has 1 rings (SSSR count). The third-order valence-corrected chi connectivity index (χ3v) is 2.52. The molecule has 112 valence electrons. The fourth-order valence-corrected chi connectivity index (χ4v) is 1.56. The number of rotatable bonds is 7. The highest BCUT2D eigenvalue weighted by Crippen LogP contribution is 2.20. The van der Waals surface area contributed by atoms with E-state index in [1.165, 1.54) is 0 Å². The maximum Gasteiger partial charge on any atom is 0.389 e. The fourth-order valence-electron chi connectivity index (χ4n) is 1.56. The van der Waals surface area contributed by atoms with E-state index in [1.807, 2.05) is 6.92 Å². The number of amides is 1. The van der Waals surface area contributed by atoms with Crippen molar-refractivity contribution in [3.63, 3.8) is 0 Å². The zero-order valence-electron chi connectivity index (χ0n) is 11.3. The lowest BCUT2D eigenvalue weighted by Gasteiger charge is -2.11. The standard InChI is InChI=1S/C13H18F3N3O/c1-2-7-17-11-10(5-3-8-18-11)12(20)19-9-4-6-13(14,15)16/h3,5,8H,2,4,6-7,9H2,1H3,(H,17,18)(H,19,20). The van der Waals surface area contributed by atoms with Crippen molar-refractivity contribution in [3.8, 4) is 0 Å². The lowest BCUT2D eigenvalue weighted by Crippen LogP contribution is -2.26. The van der Waals surface area contributed by atoms with E-state index < -0.39 is 18.5 Å². The first kappa shape index (κ1) is 16.3. The van der Waals surface area contributed by atoms with Crippen LogP contribution in [0.25, 0.3) is 0 Å². The molecule has 0 radical (unpaired) electrons. The summed E-state index contributed by atoms with van der Waals surface area (Å²) in [5.74, 6) is 0.0292. The average molecular weight is 289 g/mol. The Kier molecular flexibility index (Phi) is 6.27. The Labute approximate surface area is 115 Å². The smallest absolute Gasteiger partial charge is 0.369 e. The minimum absolute atomic E-state index is 0.0134. The Bertz CT molecular complexity index is 435. The van der Waals surface area contributed by atoms with E-state index in [0.29, 0.717) is 17.9 Å². The molecular weight excluding hydrogens is 271 g/mol. The van der Waals surface area contributed by atoms with Gasteiger partial charge in [-0.25, -0.2) is 4.98 Å². The molecule has 1 amide bonds. The molecule has 2 N–H and O–H groups in total. The SMILES string of the molecule is CCCNc1ncccc1C(=O)NCCCC(F)(F)F. The minimum atomic E-state index is -4.19. The molecule has 1 aromatic rings. The molecule has 20 heavy (non-hydrogen) atoms. The first-order valence-corrected chi connectivity index (χ1v) is 6.48. The molecule has 0 unspecified atom stereocenters. The van der Waals surface area contributed by atoms with Crippen molar-refractivity contribution in [2.75, 3.05) is 18.4 Å². The predicted octanol–water partition coefficient (Wildman–Crippen LogP) is 2.98. The summed E-state index contributed by atoms with van der Waals surface area (Å²) in [6, 6.07) is 3.20. The summed E-state index contributed by atoms with van der Waals surface area (Å²) < 4.78 is 35.9. The van der Waals surface area contributed by atoms with Gasteiger partial charge in [0, 0.05) is 25.7 Å². The number of alkyl halides is 3. The molecule has 0 aliphatic heterocycles. The molecule has 0 bridgehead atoms. The van der Waals surface area contributed by atoms with Crippen LogP contribution in [0.2, 0.25) is 0 Å². The van der Waals surface area contributed by atoms with Gasteiger partial charge in [-0.3, -0.25) is 4.79 Å². The zero-order valence-corrected chi connectivity index (χ0v) is 11.3. The van der Waals surface area contributed by atoms with Crippen LogP contribution in [0.1, 0.15) is 36.5 Å². The van der Waals surface area contributed by atoms with Crippen LogP contribution in [0.15, 0.2) is 18.3 Å². The number of halogens is 3. The summed E-state index contributed by atoms with van der Waals surface area (Å²) in [5, 5.41) is 5.48. The van der Waals surface area contributed by atoms with Gasteiger partial charge in [0.25, 0.3) is 5.91 Å². The monoisotopic (exact) mass is 289 g/mol. The van der Waals surface area contributed by atoms with Gasteiger partial charge >= 0.3 is 6.18 Å². The van der Waals surface area contributed by atoms with E-state index in [1.54, 1.807) is 18.3 Å². The number of carbonyl (C=O) groups excluding carboxylic acids is 1. The van der Waals surface area contributed by atoms with Crippen molar-refractivity contribution in [1.82, 2.24) is 10.3 Å². The van der Waals surface area contributed by atoms with Gasteiger partial charge in [-0.2, -0.15) is 13.2 Å². The first-order valence-electron chi connectivity index (χ1n) is 6.48. The summed E-state index contributed by atoms with van der Waals surface area (Å²) in [6.07, 6.45) is -2.79. The average Bonchev–Trinajstić information content (AvgIpc) is 2.40. The second kappa shape index (κ2) is 7.72. The van der Waals surface area contributed by atoms with Gasteiger partial charge in [-0.05, 0) is 25.0 Å². The van der Waals surface area contributed by atoms with Crippen LogP contribution in [0, 0.1) is 0 Å².